The molecule has 2 N–H and O–H groups in total. The lowest BCUT2D eigenvalue weighted by atomic mass is 10.1. The van der Waals surface area contributed by atoms with Crippen molar-refractivity contribution in [1.82, 2.24) is 10.0 Å². The van der Waals surface area contributed by atoms with Crippen LogP contribution in [0.3, 0.4) is 0 Å². The van der Waals surface area contributed by atoms with Crippen molar-refractivity contribution in [2.24, 2.45) is 0 Å². The predicted molar refractivity (Wildman–Crippen MR) is 75.6 cm³/mol. The molecule has 0 radical (unpaired) electrons. The van der Waals surface area contributed by atoms with Crippen molar-refractivity contribution in [2.75, 3.05) is 0 Å². The summed E-state index contributed by atoms with van der Waals surface area (Å²) >= 11 is 8.93. The summed E-state index contributed by atoms with van der Waals surface area (Å²) in [6, 6.07) is 3.16. The zero-order valence-corrected chi connectivity index (χ0v) is 13.2. The molecule has 20 heavy (non-hydrogen) atoms. The third-order valence-corrected chi connectivity index (χ3v) is 5.42. The SMILES string of the molecule is O=C1CCC(NS(=O)(=O)c2ccc(Cl)c(Br)c2)C(=O)N1. The molecule has 0 aromatic heterocycles. The second-order valence-electron chi connectivity index (χ2n) is 4.20. The van der Waals surface area contributed by atoms with E-state index >= 15 is 0 Å². The van der Waals surface area contributed by atoms with Gasteiger partial charge in [-0.15, -0.1) is 0 Å². The number of hydrogen-bond donors (Lipinski definition) is 2. The zero-order chi connectivity index (χ0) is 14.9. The lowest BCUT2D eigenvalue weighted by Crippen LogP contribution is -2.52. The molecule has 6 nitrogen and oxygen atoms in total. The smallest absolute Gasteiger partial charge is 0.244 e. The number of piperidine rings is 1. The summed E-state index contributed by atoms with van der Waals surface area (Å²) < 4.78 is 27.0. The maximum absolute atomic E-state index is 12.2. The fourth-order valence-electron chi connectivity index (χ4n) is 1.71. The Bertz CT molecular complexity index is 677. The van der Waals surface area contributed by atoms with E-state index in [1.54, 1.807) is 0 Å². The van der Waals surface area contributed by atoms with Gasteiger partial charge in [-0.3, -0.25) is 14.9 Å². The lowest BCUT2D eigenvalue weighted by molar-refractivity contribution is -0.134. The topological polar surface area (TPSA) is 92.3 Å². The van der Waals surface area contributed by atoms with Crippen LogP contribution in [0.2, 0.25) is 5.02 Å². The lowest BCUT2D eigenvalue weighted by Gasteiger charge is -2.21. The summed E-state index contributed by atoms with van der Waals surface area (Å²) in [4.78, 5) is 22.5. The van der Waals surface area contributed by atoms with Crippen LogP contribution in [-0.4, -0.2) is 26.3 Å². The first-order valence-corrected chi connectivity index (χ1v) is 8.26. The first-order chi connectivity index (χ1) is 9.29. The van der Waals surface area contributed by atoms with Crippen LogP contribution in [0.25, 0.3) is 0 Å². The molecule has 1 saturated heterocycles. The van der Waals surface area contributed by atoms with Gasteiger partial charge in [-0.05, 0) is 40.5 Å². The first kappa shape index (κ1) is 15.4. The van der Waals surface area contributed by atoms with Gasteiger partial charge in [-0.25, -0.2) is 8.42 Å². The second kappa shape index (κ2) is 5.80. The Balaban J connectivity index is 2.21. The molecule has 0 spiro atoms. The number of amides is 2. The molecule has 1 atom stereocenters. The minimum Gasteiger partial charge on any atom is -0.295 e. The molecule has 2 rings (SSSR count). The maximum atomic E-state index is 12.2. The van der Waals surface area contributed by atoms with Crippen LogP contribution >= 0.6 is 27.5 Å². The van der Waals surface area contributed by atoms with Crippen LogP contribution in [0.4, 0.5) is 0 Å². The Kier molecular flexibility index (Phi) is 4.48. The molecule has 9 heteroatoms. The van der Waals surface area contributed by atoms with Gasteiger partial charge in [-0.1, -0.05) is 11.6 Å². The van der Waals surface area contributed by atoms with E-state index in [9.17, 15) is 18.0 Å². The van der Waals surface area contributed by atoms with E-state index in [-0.39, 0.29) is 17.7 Å². The molecule has 1 aliphatic rings. The predicted octanol–water partition coefficient (Wildman–Crippen LogP) is 1.19. The molecule has 0 bridgehead atoms. The number of rotatable bonds is 3. The summed E-state index contributed by atoms with van der Waals surface area (Å²) in [5.74, 6) is -1.04. The van der Waals surface area contributed by atoms with E-state index in [2.05, 4.69) is 26.0 Å². The van der Waals surface area contributed by atoms with Gasteiger partial charge in [0.25, 0.3) is 0 Å². The molecule has 1 aromatic carbocycles. The number of sulfonamides is 1. The fraction of sp³-hybridized carbons (Fsp3) is 0.273. The monoisotopic (exact) mass is 380 g/mol. The average molecular weight is 382 g/mol. The van der Waals surface area contributed by atoms with Crippen LogP contribution in [0, 0.1) is 0 Å². The van der Waals surface area contributed by atoms with Gasteiger partial charge in [0.05, 0.1) is 9.92 Å². The Hall–Kier alpha value is -0.960. The highest BCUT2D eigenvalue weighted by molar-refractivity contribution is 9.10. The van der Waals surface area contributed by atoms with Gasteiger partial charge < -0.3 is 0 Å². The quantitative estimate of drug-likeness (QED) is 0.769. The molecular weight excluding hydrogens is 372 g/mol. The van der Waals surface area contributed by atoms with Crippen molar-refractivity contribution < 1.29 is 18.0 Å². The van der Waals surface area contributed by atoms with Crippen molar-refractivity contribution in [3.63, 3.8) is 0 Å². The molecule has 108 valence electrons. The molecular formula is C11H10BrClN2O4S. The van der Waals surface area contributed by atoms with Gasteiger partial charge in [0.1, 0.15) is 6.04 Å². The number of halogens is 2. The highest BCUT2D eigenvalue weighted by Gasteiger charge is 2.30. The maximum Gasteiger partial charge on any atom is 0.244 e. The zero-order valence-electron chi connectivity index (χ0n) is 10.0. The third-order valence-electron chi connectivity index (χ3n) is 2.74. The van der Waals surface area contributed by atoms with Crippen LogP contribution in [0.1, 0.15) is 12.8 Å². The van der Waals surface area contributed by atoms with Crippen molar-refractivity contribution in [3.8, 4) is 0 Å². The molecule has 0 saturated carbocycles. The molecule has 1 fully saturated rings. The van der Waals surface area contributed by atoms with E-state index in [0.717, 1.165) is 0 Å². The molecule has 1 unspecified atom stereocenters. The third kappa shape index (κ3) is 3.38. The van der Waals surface area contributed by atoms with E-state index in [1.165, 1.54) is 18.2 Å². The molecule has 0 aliphatic carbocycles. The second-order valence-corrected chi connectivity index (χ2v) is 7.18. The highest BCUT2D eigenvalue weighted by atomic mass is 79.9. The molecule has 1 heterocycles. The summed E-state index contributed by atoms with van der Waals surface area (Å²) in [7, 11) is -3.86. The number of benzene rings is 1. The summed E-state index contributed by atoms with van der Waals surface area (Å²) in [6.45, 7) is 0. The van der Waals surface area contributed by atoms with Gasteiger partial charge >= 0.3 is 0 Å². The van der Waals surface area contributed by atoms with Crippen LogP contribution in [0.5, 0.6) is 0 Å². The first-order valence-electron chi connectivity index (χ1n) is 5.60. The van der Waals surface area contributed by atoms with E-state index < -0.39 is 27.9 Å². The Morgan fingerprint density at radius 2 is 2.05 bits per heavy atom. The summed E-state index contributed by atoms with van der Waals surface area (Å²) in [6.07, 6.45) is 0.238. The average Bonchev–Trinajstić information content (AvgIpc) is 2.36. The molecule has 2 amide bonds. The van der Waals surface area contributed by atoms with Crippen LogP contribution < -0.4 is 10.0 Å². The Morgan fingerprint density at radius 1 is 1.35 bits per heavy atom. The largest absolute Gasteiger partial charge is 0.295 e. The van der Waals surface area contributed by atoms with E-state index in [0.29, 0.717) is 9.50 Å². The van der Waals surface area contributed by atoms with Crippen molar-refractivity contribution in [2.45, 2.75) is 23.8 Å². The number of carbonyl (C=O) groups is 2. The van der Waals surface area contributed by atoms with Gasteiger partial charge in [-0.2, -0.15) is 4.72 Å². The van der Waals surface area contributed by atoms with Gasteiger partial charge in [0, 0.05) is 10.9 Å². The standard InChI is InChI=1S/C11H10BrClN2O4S/c12-7-5-6(1-2-8(7)13)20(18,19)15-9-3-4-10(16)14-11(9)17/h1-2,5,9,15H,3-4H2,(H,14,16,17). The molecule has 1 aliphatic heterocycles. The fourth-order valence-corrected chi connectivity index (χ4v) is 3.61. The van der Waals surface area contributed by atoms with E-state index in [1.807, 2.05) is 0 Å². The summed E-state index contributed by atoms with van der Waals surface area (Å²) in [5, 5.41) is 2.47. The number of hydrogen-bond acceptors (Lipinski definition) is 4. The van der Waals surface area contributed by atoms with Crippen LogP contribution in [-0.2, 0) is 19.6 Å². The van der Waals surface area contributed by atoms with Crippen molar-refractivity contribution in [1.29, 1.82) is 0 Å². The van der Waals surface area contributed by atoms with E-state index in [4.69, 9.17) is 11.6 Å². The minimum absolute atomic E-state index is 0.0153. The number of nitrogens with one attached hydrogen (secondary N) is 2. The summed E-state index contributed by atoms with van der Waals surface area (Å²) in [5.41, 5.74) is 0. The van der Waals surface area contributed by atoms with Gasteiger partial charge in [0.15, 0.2) is 0 Å². The van der Waals surface area contributed by atoms with Crippen molar-refractivity contribution in [3.05, 3.63) is 27.7 Å². The Morgan fingerprint density at radius 3 is 2.65 bits per heavy atom. The Labute approximate surface area is 129 Å². The minimum atomic E-state index is -3.86. The van der Waals surface area contributed by atoms with Crippen LogP contribution in [0.15, 0.2) is 27.6 Å². The normalized spacial score (nSPS) is 19.8. The molecule has 1 aromatic rings. The number of carbonyl (C=O) groups excluding carboxylic acids is 2. The van der Waals surface area contributed by atoms with Crippen molar-refractivity contribution >= 4 is 49.4 Å². The highest BCUT2D eigenvalue weighted by Crippen LogP contribution is 2.25. The van der Waals surface area contributed by atoms with Gasteiger partial charge in [0.2, 0.25) is 21.8 Å². The number of imide groups is 1.